The van der Waals surface area contributed by atoms with Gasteiger partial charge in [-0.3, -0.25) is 9.69 Å². The second-order valence-electron chi connectivity index (χ2n) is 5.98. The third-order valence-electron chi connectivity index (χ3n) is 4.49. The van der Waals surface area contributed by atoms with E-state index in [2.05, 4.69) is 24.0 Å². The summed E-state index contributed by atoms with van der Waals surface area (Å²) in [5, 5.41) is 0. The molecule has 1 aromatic carbocycles. The van der Waals surface area contributed by atoms with Crippen LogP contribution < -0.4 is 10.6 Å². The summed E-state index contributed by atoms with van der Waals surface area (Å²) >= 11 is 1.83. The molecule has 2 unspecified atom stereocenters. The Morgan fingerprint density at radius 2 is 2.18 bits per heavy atom. The number of nitrogens with zero attached hydrogens (tertiary/aromatic N) is 2. The van der Waals surface area contributed by atoms with Gasteiger partial charge in [0, 0.05) is 29.8 Å². The number of carbonyl (C=O) groups excluding carboxylic acids is 1. The molecule has 0 spiro atoms. The molecule has 0 radical (unpaired) electrons. The van der Waals surface area contributed by atoms with E-state index in [-0.39, 0.29) is 18.3 Å². The summed E-state index contributed by atoms with van der Waals surface area (Å²) in [7, 11) is 0. The van der Waals surface area contributed by atoms with Crippen LogP contribution >= 0.6 is 24.2 Å². The van der Waals surface area contributed by atoms with Gasteiger partial charge < -0.3 is 10.6 Å². The van der Waals surface area contributed by atoms with Crippen molar-refractivity contribution in [3.63, 3.8) is 0 Å². The molecule has 2 aliphatic rings. The maximum absolute atomic E-state index is 12.7. The van der Waals surface area contributed by atoms with Crippen LogP contribution in [0, 0.1) is 5.92 Å². The summed E-state index contributed by atoms with van der Waals surface area (Å²) in [4.78, 5) is 18.2. The minimum Gasteiger partial charge on any atom is -0.330 e. The predicted octanol–water partition coefficient (Wildman–Crippen LogP) is 2.22. The zero-order valence-electron chi connectivity index (χ0n) is 12.9. The van der Waals surface area contributed by atoms with E-state index in [1.165, 1.54) is 4.90 Å². The van der Waals surface area contributed by atoms with Crippen molar-refractivity contribution in [1.29, 1.82) is 0 Å². The predicted molar refractivity (Wildman–Crippen MR) is 95.0 cm³/mol. The number of hydrogen-bond donors (Lipinski definition) is 1. The van der Waals surface area contributed by atoms with Crippen LogP contribution in [0.15, 0.2) is 29.2 Å². The van der Waals surface area contributed by atoms with Crippen LogP contribution in [-0.2, 0) is 4.79 Å². The van der Waals surface area contributed by atoms with Crippen LogP contribution in [0.3, 0.4) is 0 Å². The van der Waals surface area contributed by atoms with Gasteiger partial charge in [0.1, 0.15) is 0 Å². The summed E-state index contributed by atoms with van der Waals surface area (Å²) < 4.78 is 0. The number of amides is 1. The van der Waals surface area contributed by atoms with Gasteiger partial charge in [-0.2, -0.15) is 0 Å². The minimum atomic E-state index is 0. The van der Waals surface area contributed by atoms with Gasteiger partial charge in [-0.15, -0.1) is 24.2 Å². The highest BCUT2D eigenvalue weighted by Crippen LogP contribution is 2.34. The molecule has 6 heteroatoms. The van der Waals surface area contributed by atoms with E-state index in [0.29, 0.717) is 18.5 Å². The van der Waals surface area contributed by atoms with Crippen molar-refractivity contribution in [3.8, 4) is 0 Å². The second-order valence-corrected chi connectivity index (χ2v) is 7.11. The maximum atomic E-state index is 12.7. The first-order chi connectivity index (χ1) is 10.2. The molecule has 2 aliphatic heterocycles. The first kappa shape index (κ1) is 17.6. The van der Waals surface area contributed by atoms with Crippen LogP contribution in [-0.4, -0.2) is 48.8 Å². The molecule has 0 aromatic heterocycles. The number of nitrogens with two attached hydrogens (primary N) is 1. The number of benzene rings is 1. The van der Waals surface area contributed by atoms with E-state index in [1.54, 1.807) is 0 Å². The van der Waals surface area contributed by atoms with Gasteiger partial charge in [0.15, 0.2) is 0 Å². The van der Waals surface area contributed by atoms with Gasteiger partial charge in [-0.1, -0.05) is 12.1 Å². The molecule has 0 saturated carbocycles. The standard InChI is InChI=1S/C16H23N3OS.ClH/c1-12-8-13(9-17)10-18(12)11-16(20)19-6-7-21-15-5-3-2-4-14(15)19;/h2-5,12-13H,6-11,17H2,1H3;1H. The molecule has 3 rings (SSSR count). The van der Waals surface area contributed by atoms with E-state index < -0.39 is 0 Å². The van der Waals surface area contributed by atoms with E-state index >= 15 is 0 Å². The van der Waals surface area contributed by atoms with Gasteiger partial charge in [-0.05, 0) is 37.9 Å². The van der Waals surface area contributed by atoms with Crippen molar-refractivity contribution in [2.45, 2.75) is 24.3 Å². The monoisotopic (exact) mass is 341 g/mol. The molecule has 1 amide bonds. The lowest BCUT2D eigenvalue weighted by molar-refractivity contribution is -0.119. The molecular weight excluding hydrogens is 318 g/mol. The van der Waals surface area contributed by atoms with E-state index in [0.717, 1.165) is 37.5 Å². The smallest absolute Gasteiger partial charge is 0.241 e. The van der Waals surface area contributed by atoms with Gasteiger partial charge in [-0.25, -0.2) is 0 Å². The Morgan fingerprint density at radius 1 is 1.41 bits per heavy atom. The number of halogens is 1. The van der Waals surface area contributed by atoms with Crippen molar-refractivity contribution in [2.75, 3.05) is 36.8 Å². The molecule has 1 saturated heterocycles. The SMILES string of the molecule is CC1CC(CN)CN1CC(=O)N1CCSc2ccccc21.Cl. The molecule has 22 heavy (non-hydrogen) atoms. The van der Waals surface area contributed by atoms with Crippen LogP contribution in [0.25, 0.3) is 0 Å². The molecule has 1 fully saturated rings. The molecule has 2 N–H and O–H groups in total. The summed E-state index contributed by atoms with van der Waals surface area (Å²) in [5.41, 5.74) is 6.84. The second kappa shape index (κ2) is 7.68. The Morgan fingerprint density at radius 3 is 2.91 bits per heavy atom. The Labute approximate surface area is 142 Å². The summed E-state index contributed by atoms with van der Waals surface area (Å²) in [6, 6.07) is 8.65. The first-order valence-corrected chi connectivity index (χ1v) is 8.64. The zero-order valence-corrected chi connectivity index (χ0v) is 14.5. The lowest BCUT2D eigenvalue weighted by Crippen LogP contribution is -2.44. The maximum Gasteiger partial charge on any atom is 0.241 e. The van der Waals surface area contributed by atoms with E-state index in [4.69, 9.17) is 5.73 Å². The molecule has 4 nitrogen and oxygen atoms in total. The van der Waals surface area contributed by atoms with Crippen molar-refractivity contribution < 1.29 is 4.79 Å². The van der Waals surface area contributed by atoms with Crippen molar-refractivity contribution >= 4 is 35.8 Å². The fourth-order valence-electron chi connectivity index (χ4n) is 3.30. The van der Waals surface area contributed by atoms with E-state index in [9.17, 15) is 4.79 Å². The van der Waals surface area contributed by atoms with E-state index in [1.807, 2.05) is 28.8 Å². The largest absolute Gasteiger partial charge is 0.330 e. The van der Waals surface area contributed by atoms with Crippen molar-refractivity contribution in [3.05, 3.63) is 24.3 Å². The van der Waals surface area contributed by atoms with Gasteiger partial charge in [0.2, 0.25) is 5.91 Å². The summed E-state index contributed by atoms with van der Waals surface area (Å²) in [6.07, 6.45) is 1.11. The zero-order chi connectivity index (χ0) is 14.8. The molecule has 0 bridgehead atoms. The Balaban J connectivity index is 0.00000176. The quantitative estimate of drug-likeness (QED) is 0.915. The molecular formula is C16H24ClN3OS. The van der Waals surface area contributed by atoms with Gasteiger partial charge >= 0.3 is 0 Å². The summed E-state index contributed by atoms with van der Waals surface area (Å²) in [6.45, 7) is 5.19. The highest BCUT2D eigenvalue weighted by molar-refractivity contribution is 7.99. The van der Waals surface area contributed by atoms with Crippen LogP contribution in [0.4, 0.5) is 5.69 Å². The fourth-order valence-corrected chi connectivity index (χ4v) is 4.29. The number of thioether (sulfide) groups is 1. The third kappa shape index (κ3) is 3.59. The topological polar surface area (TPSA) is 49.6 Å². The average molecular weight is 342 g/mol. The van der Waals surface area contributed by atoms with Crippen LogP contribution in [0.1, 0.15) is 13.3 Å². The minimum absolute atomic E-state index is 0. The first-order valence-electron chi connectivity index (χ1n) is 7.65. The number of likely N-dealkylation sites (tertiary alicyclic amines) is 1. The molecule has 0 aliphatic carbocycles. The number of anilines is 1. The number of para-hydroxylation sites is 1. The normalized spacial score (nSPS) is 24.7. The van der Waals surface area contributed by atoms with Crippen LogP contribution in [0.5, 0.6) is 0 Å². The Bertz CT molecular complexity index is 528. The van der Waals surface area contributed by atoms with Crippen molar-refractivity contribution in [1.82, 2.24) is 4.90 Å². The molecule has 2 heterocycles. The fraction of sp³-hybridized carbons (Fsp3) is 0.562. The van der Waals surface area contributed by atoms with Gasteiger partial charge in [0.05, 0.1) is 12.2 Å². The lowest BCUT2D eigenvalue weighted by Gasteiger charge is -2.31. The highest BCUT2D eigenvalue weighted by atomic mass is 35.5. The number of carbonyl (C=O) groups is 1. The number of fused-ring (bicyclic) bond motifs is 1. The lowest BCUT2D eigenvalue weighted by atomic mass is 10.1. The van der Waals surface area contributed by atoms with Crippen molar-refractivity contribution in [2.24, 2.45) is 11.7 Å². The molecule has 122 valence electrons. The molecule has 2 atom stereocenters. The number of hydrogen-bond acceptors (Lipinski definition) is 4. The highest BCUT2D eigenvalue weighted by Gasteiger charge is 2.31. The van der Waals surface area contributed by atoms with Gasteiger partial charge in [0.25, 0.3) is 0 Å². The molecule has 1 aromatic rings. The number of rotatable bonds is 3. The third-order valence-corrected chi connectivity index (χ3v) is 5.53. The summed E-state index contributed by atoms with van der Waals surface area (Å²) in [5.74, 6) is 1.73. The Kier molecular flexibility index (Phi) is 6.15. The van der Waals surface area contributed by atoms with Crippen LogP contribution in [0.2, 0.25) is 0 Å². The average Bonchev–Trinajstić information content (AvgIpc) is 2.87. The Hall–Kier alpha value is -0.750.